The summed E-state index contributed by atoms with van der Waals surface area (Å²) in [4.78, 5) is 22.3. The number of ether oxygens (including phenoxy) is 3. The maximum atomic E-state index is 11.3. The second-order valence-corrected chi connectivity index (χ2v) is 6.57. The Bertz CT molecular complexity index is 987. The number of rotatable bonds is 8. The highest BCUT2D eigenvalue weighted by Crippen LogP contribution is 2.35. The van der Waals surface area contributed by atoms with Gasteiger partial charge in [0.25, 0.3) is 0 Å². The number of fused-ring (bicyclic) bond motifs is 1. The van der Waals surface area contributed by atoms with Crippen LogP contribution in [0, 0.1) is 0 Å². The SMILES string of the molecule is C=CC(=O)OCCCc1ccc2c(c1)OC(O)C(c1ccc(OC(=O)C=C)cc1)=C2. The summed E-state index contributed by atoms with van der Waals surface area (Å²) in [5.41, 5.74) is 3.22. The van der Waals surface area contributed by atoms with Gasteiger partial charge in [0.05, 0.1) is 6.61 Å². The Morgan fingerprint density at radius 3 is 2.50 bits per heavy atom. The molecule has 6 nitrogen and oxygen atoms in total. The number of aryl methyl sites for hydroxylation is 1. The average molecular weight is 406 g/mol. The first kappa shape index (κ1) is 21.1. The van der Waals surface area contributed by atoms with E-state index in [0.717, 1.165) is 28.8 Å². The number of aliphatic hydroxyl groups excluding tert-OH is 1. The van der Waals surface area contributed by atoms with Crippen LogP contribution in [0.4, 0.5) is 0 Å². The molecule has 0 radical (unpaired) electrons. The number of hydrogen-bond acceptors (Lipinski definition) is 6. The van der Waals surface area contributed by atoms with E-state index >= 15 is 0 Å². The summed E-state index contributed by atoms with van der Waals surface area (Å²) in [6, 6.07) is 12.5. The molecule has 0 spiro atoms. The van der Waals surface area contributed by atoms with Crippen molar-refractivity contribution in [3.05, 3.63) is 84.5 Å². The van der Waals surface area contributed by atoms with E-state index in [0.29, 0.717) is 36.5 Å². The van der Waals surface area contributed by atoms with E-state index in [2.05, 4.69) is 13.2 Å². The van der Waals surface area contributed by atoms with E-state index in [1.165, 1.54) is 0 Å². The summed E-state index contributed by atoms with van der Waals surface area (Å²) < 4.78 is 15.7. The van der Waals surface area contributed by atoms with Crippen molar-refractivity contribution in [2.45, 2.75) is 19.1 Å². The smallest absolute Gasteiger partial charge is 0.335 e. The maximum absolute atomic E-state index is 11.3. The van der Waals surface area contributed by atoms with E-state index in [4.69, 9.17) is 14.2 Å². The predicted octanol–water partition coefficient (Wildman–Crippen LogP) is 3.69. The molecule has 1 aliphatic rings. The Morgan fingerprint density at radius 1 is 1.07 bits per heavy atom. The third-order valence-electron chi connectivity index (χ3n) is 4.49. The van der Waals surface area contributed by atoms with Gasteiger partial charge in [-0.05, 0) is 48.2 Å². The molecule has 2 aromatic rings. The van der Waals surface area contributed by atoms with Gasteiger partial charge in [0, 0.05) is 23.3 Å². The van der Waals surface area contributed by atoms with Crippen LogP contribution in [0.2, 0.25) is 0 Å². The molecule has 2 aromatic carbocycles. The molecule has 0 saturated carbocycles. The van der Waals surface area contributed by atoms with Crippen LogP contribution in [-0.2, 0) is 20.7 Å². The van der Waals surface area contributed by atoms with Crippen molar-refractivity contribution in [1.82, 2.24) is 0 Å². The minimum atomic E-state index is -1.12. The zero-order valence-corrected chi connectivity index (χ0v) is 16.4. The normalized spacial score (nSPS) is 14.6. The van der Waals surface area contributed by atoms with E-state index < -0.39 is 18.2 Å². The molecule has 1 unspecified atom stereocenters. The van der Waals surface area contributed by atoms with Crippen molar-refractivity contribution in [3.63, 3.8) is 0 Å². The summed E-state index contributed by atoms with van der Waals surface area (Å²) in [5, 5.41) is 10.5. The summed E-state index contributed by atoms with van der Waals surface area (Å²) in [7, 11) is 0. The molecular weight excluding hydrogens is 384 g/mol. The van der Waals surface area contributed by atoms with Crippen molar-refractivity contribution in [1.29, 1.82) is 0 Å². The van der Waals surface area contributed by atoms with Crippen LogP contribution in [0.25, 0.3) is 11.6 Å². The second kappa shape index (κ2) is 9.71. The Hall–Kier alpha value is -3.64. The van der Waals surface area contributed by atoms with Gasteiger partial charge in [-0.1, -0.05) is 37.4 Å². The number of benzene rings is 2. The molecule has 1 aliphatic heterocycles. The largest absolute Gasteiger partial charge is 0.463 e. The molecule has 1 heterocycles. The molecule has 154 valence electrons. The highest BCUT2D eigenvalue weighted by Gasteiger charge is 2.22. The van der Waals surface area contributed by atoms with Crippen molar-refractivity contribution in [2.24, 2.45) is 0 Å². The van der Waals surface area contributed by atoms with E-state index in [1.54, 1.807) is 24.3 Å². The van der Waals surface area contributed by atoms with Gasteiger partial charge in [-0.15, -0.1) is 0 Å². The van der Waals surface area contributed by atoms with Crippen molar-refractivity contribution in [3.8, 4) is 11.5 Å². The lowest BCUT2D eigenvalue weighted by Gasteiger charge is -2.24. The summed E-state index contributed by atoms with van der Waals surface area (Å²) in [5.74, 6) is 0.00529. The third-order valence-corrected chi connectivity index (χ3v) is 4.49. The predicted molar refractivity (Wildman–Crippen MR) is 113 cm³/mol. The first-order valence-electron chi connectivity index (χ1n) is 9.43. The highest BCUT2D eigenvalue weighted by atomic mass is 16.6. The zero-order chi connectivity index (χ0) is 21.5. The first-order chi connectivity index (χ1) is 14.5. The van der Waals surface area contributed by atoms with Gasteiger partial charge in [0.15, 0.2) is 0 Å². The van der Waals surface area contributed by atoms with E-state index in [9.17, 15) is 14.7 Å². The van der Waals surface area contributed by atoms with Gasteiger partial charge in [-0.2, -0.15) is 0 Å². The lowest BCUT2D eigenvalue weighted by Crippen LogP contribution is -2.21. The van der Waals surface area contributed by atoms with Gasteiger partial charge < -0.3 is 19.3 Å². The fourth-order valence-electron chi connectivity index (χ4n) is 2.99. The zero-order valence-electron chi connectivity index (χ0n) is 16.4. The highest BCUT2D eigenvalue weighted by molar-refractivity contribution is 5.87. The Morgan fingerprint density at radius 2 is 1.80 bits per heavy atom. The van der Waals surface area contributed by atoms with Crippen LogP contribution in [0.3, 0.4) is 0 Å². The van der Waals surface area contributed by atoms with Crippen LogP contribution in [0.1, 0.15) is 23.1 Å². The molecule has 0 fully saturated rings. The van der Waals surface area contributed by atoms with Crippen molar-refractivity contribution >= 4 is 23.6 Å². The summed E-state index contributed by atoms with van der Waals surface area (Å²) >= 11 is 0. The van der Waals surface area contributed by atoms with Crippen LogP contribution in [-0.4, -0.2) is 29.9 Å². The Labute approximate surface area is 174 Å². The maximum Gasteiger partial charge on any atom is 0.335 e. The summed E-state index contributed by atoms with van der Waals surface area (Å²) in [6.07, 6.45) is 4.35. The van der Waals surface area contributed by atoms with Crippen LogP contribution < -0.4 is 9.47 Å². The molecule has 3 rings (SSSR count). The Kier molecular flexibility index (Phi) is 6.83. The molecule has 0 amide bonds. The molecule has 0 aliphatic carbocycles. The third kappa shape index (κ3) is 5.24. The fourth-order valence-corrected chi connectivity index (χ4v) is 2.99. The number of hydrogen-bond donors (Lipinski definition) is 1. The van der Waals surface area contributed by atoms with Gasteiger partial charge in [-0.3, -0.25) is 0 Å². The Balaban J connectivity index is 1.69. The van der Waals surface area contributed by atoms with Gasteiger partial charge in [0.2, 0.25) is 6.29 Å². The molecule has 0 bridgehead atoms. The van der Waals surface area contributed by atoms with E-state index in [-0.39, 0.29) is 0 Å². The molecule has 1 atom stereocenters. The molecular formula is C24H22O6. The fraction of sp³-hybridized carbons (Fsp3) is 0.167. The molecule has 1 N–H and O–H groups in total. The minimum Gasteiger partial charge on any atom is -0.463 e. The van der Waals surface area contributed by atoms with Gasteiger partial charge in [0.1, 0.15) is 11.5 Å². The number of esters is 2. The number of carbonyl (C=O) groups is 2. The lowest BCUT2D eigenvalue weighted by molar-refractivity contribution is -0.137. The lowest BCUT2D eigenvalue weighted by atomic mass is 9.98. The van der Waals surface area contributed by atoms with Crippen molar-refractivity contribution in [2.75, 3.05) is 6.61 Å². The average Bonchev–Trinajstić information content (AvgIpc) is 2.76. The topological polar surface area (TPSA) is 82.1 Å². The first-order valence-corrected chi connectivity index (χ1v) is 9.43. The summed E-state index contributed by atoms with van der Waals surface area (Å²) in [6.45, 7) is 7.03. The van der Waals surface area contributed by atoms with Gasteiger partial charge in [-0.25, -0.2) is 9.59 Å². The quantitative estimate of drug-likeness (QED) is 0.312. The van der Waals surface area contributed by atoms with Crippen molar-refractivity contribution < 1.29 is 28.9 Å². The van der Waals surface area contributed by atoms with Gasteiger partial charge >= 0.3 is 11.9 Å². The number of carbonyl (C=O) groups excluding carboxylic acids is 2. The van der Waals surface area contributed by atoms with Crippen LogP contribution in [0.5, 0.6) is 11.5 Å². The van der Waals surface area contributed by atoms with Crippen LogP contribution >= 0.6 is 0 Å². The standard InChI is InChI=1S/C24H22O6/c1-3-22(25)28-13-5-6-16-7-8-18-15-20(24(27)30-21(18)14-16)17-9-11-19(12-10-17)29-23(26)4-2/h3-4,7-12,14-15,24,27H,1-2,5-6,13H2. The molecule has 6 heteroatoms. The van der Waals surface area contributed by atoms with Crippen LogP contribution in [0.15, 0.2) is 67.8 Å². The monoisotopic (exact) mass is 406 g/mol. The van der Waals surface area contributed by atoms with E-state index in [1.807, 2.05) is 24.3 Å². The second-order valence-electron chi connectivity index (χ2n) is 6.57. The molecule has 0 aromatic heterocycles. The number of aliphatic hydroxyl groups is 1. The molecule has 30 heavy (non-hydrogen) atoms. The molecule has 0 saturated heterocycles. The minimum absolute atomic E-state index is 0.313.